The van der Waals surface area contributed by atoms with Crippen LogP contribution >= 0.6 is 11.6 Å². The number of nitrogens with zero attached hydrogens (tertiary/aromatic N) is 2. The Morgan fingerprint density at radius 2 is 2.08 bits per heavy atom. The number of nitrogens with one attached hydrogen (secondary N) is 1. The number of hydrogen-bond donors (Lipinski definition) is 1. The normalized spacial score (nSPS) is 12.7. The van der Waals surface area contributed by atoms with E-state index >= 15 is 0 Å². The molecule has 1 heterocycles. The van der Waals surface area contributed by atoms with Crippen LogP contribution < -0.4 is 10.1 Å². The Morgan fingerprint density at radius 1 is 1.36 bits per heavy atom. The summed E-state index contributed by atoms with van der Waals surface area (Å²) in [6.07, 6.45) is 0.926. The molecular weight excluding hydrogens is 342 g/mol. The molecule has 1 aromatic carbocycles. The Labute approximate surface area is 152 Å². The highest BCUT2D eigenvalue weighted by molar-refractivity contribution is 6.32. The van der Waals surface area contributed by atoms with Gasteiger partial charge in [0, 0.05) is 11.8 Å². The van der Waals surface area contributed by atoms with Crippen LogP contribution in [0.3, 0.4) is 0 Å². The van der Waals surface area contributed by atoms with Crippen LogP contribution in [0.15, 0.2) is 28.8 Å². The van der Waals surface area contributed by atoms with Crippen molar-refractivity contribution in [1.82, 2.24) is 15.5 Å². The largest absolute Gasteiger partial charge is 0.492 e. The van der Waals surface area contributed by atoms with Crippen molar-refractivity contribution in [2.45, 2.75) is 52.0 Å². The van der Waals surface area contributed by atoms with E-state index in [4.69, 9.17) is 20.9 Å². The van der Waals surface area contributed by atoms with Crippen LogP contribution in [0, 0.1) is 0 Å². The Hall–Kier alpha value is -2.08. The number of halogens is 1. The molecule has 2 rings (SSSR count). The van der Waals surface area contributed by atoms with Gasteiger partial charge in [0.25, 0.3) is 0 Å². The lowest BCUT2D eigenvalue weighted by molar-refractivity contribution is -0.122. The predicted molar refractivity (Wildman–Crippen MR) is 95.7 cm³/mol. The standard InChI is InChI=1S/C18H24ClN3O3/c1-12(16-21-17(22-25-16)18(2,3)4)20-15(23)10-7-11-24-14-9-6-5-8-13(14)19/h5-6,8-9,12H,7,10-11H2,1-4H3,(H,20,23)/t12-/m1/s1. The Morgan fingerprint density at radius 3 is 2.72 bits per heavy atom. The van der Waals surface area contributed by atoms with E-state index in [2.05, 4.69) is 15.5 Å². The maximum atomic E-state index is 12.0. The van der Waals surface area contributed by atoms with Gasteiger partial charge in [0.1, 0.15) is 11.8 Å². The topological polar surface area (TPSA) is 77.2 Å². The van der Waals surface area contributed by atoms with Gasteiger partial charge in [-0.3, -0.25) is 4.79 Å². The second-order valence-electron chi connectivity index (χ2n) is 6.88. The molecule has 1 aromatic heterocycles. The van der Waals surface area contributed by atoms with Crippen molar-refractivity contribution in [2.75, 3.05) is 6.61 Å². The monoisotopic (exact) mass is 365 g/mol. The quantitative estimate of drug-likeness (QED) is 0.749. The lowest BCUT2D eigenvalue weighted by Gasteiger charge is -2.12. The smallest absolute Gasteiger partial charge is 0.248 e. The van der Waals surface area contributed by atoms with Gasteiger partial charge < -0.3 is 14.6 Å². The van der Waals surface area contributed by atoms with Gasteiger partial charge in [-0.15, -0.1) is 0 Å². The number of para-hydroxylation sites is 1. The number of rotatable bonds is 7. The van der Waals surface area contributed by atoms with E-state index in [-0.39, 0.29) is 17.4 Å². The van der Waals surface area contributed by atoms with Gasteiger partial charge in [0.05, 0.1) is 11.6 Å². The van der Waals surface area contributed by atoms with Gasteiger partial charge >= 0.3 is 0 Å². The Balaban J connectivity index is 1.74. The van der Waals surface area contributed by atoms with E-state index in [1.807, 2.05) is 39.8 Å². The summed E-state index contributed by atoms with van der Waals surface area (Å²) in [4.78, 5) is 16.4. The summed E-state index contributed by atoms with van der Waals surface area (Å²) in [6, 6.07) is 6.92. The van der Waals surface area contributed by atoms with Gasteiger partial charge in [-0.2, -0.15) is 4.98 Å². The van der Waals surface area contributed by atoms with E-state index in [0.29, 0.717) is 41.9 Å². The van der Waals surface area contributed by atoms with E-state index < -0.39 is 0 Å². The van der Waals surface area contributed by atoms with E-state index in [0.717, 1.165) is 0 Å². The summed E-state index contributed by atoms with van der Waals surface area (Å²) in [5.74, 6) is 1.56. The van der Waals surface area contributed by atoms with Gasteiger partial charge in [0.15, 0.2) is 5.82 Å². The number of benzene rings is 1. The first-order chi connectivity index (χ1) is 11.8. The Kier molecular flexibility index (Phi) is 6.42. The molecule has 0 bridgehead atoms. The first-order valence-electron chi connectivity index (χ1n) is 8.28. The third-order valence-electron chi connectivity index (χ3n) is 3.50. The number of aromatic nitrogens is 2. The lowest BCUT2D eigenvalue weighted by Crippen LogP contribution is -2.27. The summed E-state index contributed by atoms with van der Waals surface area (Å²) in [5.41, 5.74) is -0.193. The van der Waals surface area contributed by atoms with Crippen LogP contribution in [0.4, 0.5) is 0 Å². The minimum atomic E-state index is -0.333. The van der Waals surface area contributed by atoms with Crippen LogP contribution in [0.1, 0.15) is 58.3 Å². The first kappa shape index (κ1) is 19.2. The first-order valence-corrected chi connectivity index (χ1v) is 8.66. The summed E-state index contributed by atoms with van der Waals surface area (Å²) in [5, 5.41) is 7.38. The molecule has 0 saturated carbocycles. The zero-order valence-corrected chi connectivity index (χ0v) is 15.8. The zero-order valence-electron chi connectivity index (χ0n) is 15.0. The number of carbonyl (C=O) groups excluding carboxylic acids is 1. The molecule has 6 nitrogen and oxygen atoms in total. The molecule has 0 aliphatic rings. The fourth-order valence-corrected chi connectivity index (χ4v) is 2.26. The van der Waals surface area contributed by atoms with Gasteiger partial charge in [-0.05, 0) is 25.5 Å². The van der Waals surface area contributed by atoms with Crippen LogP contribution in [0.25, 0.3) is 0 Å². The molecule has 1 amide bonds. The third kappa shape index (κ3) is 5.74. The van der Waals surface area contributed by atoms with Gasteiger partial charge in [-0.1, -0.05) is 49.7 Å². The highest BCUT2D eigenvalue weighted by atomic mass is 35.5. The number of carbonyl (C=O) groups is 1. The molecule has 0 spiro atoms. The van der Waals surface area contributed by atoms with Gasteiger partial charge in [0.2, 0.25) is 11.8 Å². The van der Waals surface area contributed by atoms with Crippen molar-refractivity contribution in [3.05, 3.63) is 41.0 Å². The molecule has 0 fully saturated rings. The van der Waals surface area contributed by atoms with Crippen molar-refractivity contribution in [2.24, 2.45) is 0 Å². The number of hydrogen-bond acceptors (Lipinski definition) is 5. The molecule has 1 N–H and O–H groups in total. The van der Waals surface area contributed by atoms with Crippen LogP contribution in [-0.4, -0.2) is 22.7 Å². The molecule has 0 aliphatic carbocycles. The summed E-state index contributed by atoms with van der Waals surface area (Å²) >= 11 is 6.01. The van der Waals surface area contributed by atoms with Crippen molar-refractivity contribution in [3.8, 4) is 5.75 Å². The molecule has 136 valence electrons. The lowest BCUT2D eigenvalue weighted by atomic mass is 9.96. The molecule has 0 saturated heterocycles. The molecule has 0 unspecified atom stereocenters. The van der Waals surface area contributed by atoms with Crippen molar-refractivity contribution in [1.29, 1.82) is 0 Å². The van der Waals surface area contributed by atoms with Crippen LogP contribution in [-0.2, 0) is 10.2 Å². The molecule has 7 heteroatoms. The molecular formula is C18H24ClN3O3. The second-order valence-corrected chi connectivity index (χ2v) is 7.29. The second kappa shape index (κ2) is 8.34. The minimum Gasteiger partial charge on any atom is -0.492 e. The molecule has 25 heavy (non-hydrogen) atoms. The third-order valence-corrected chi connectivity index (χ3v) is 3.82. The maximum absolute atomic E-state index is 12.0. The van der Waals surface area contributed by atoms with Crippen LogP contribution in [0.2, 0.25) is 5.02 Å². The molecule has 0 radical (unpaired) electrons. The molecule has 1 atom stereocenters. The van der Waals surface area contributed by atoms with Crippen molar-refractivity contribution in [3.63, 3.8) is 0 Å². The number of ether oxygens (including phenoxy) is 1. The fraction of sp³-hybridized carbons (Fsp3) is 0.500. The highest BCUT2D eigenvalue weighted by Gasteiger charge is 2.23. The average Bonchev–Trinajstić information content (AvgIpc) is 3.03. The van der Waals surface area contributed by atoms with Crippen molar-refractivity contribution >= 4 is 17.5 Å². The van der Waals surface area contributed by atoms with Crippen LogP contribution in [0.5, 0.6) is 5.75 Å². The number of amides is 1. The summed E-state index contributed by atoms with van der Waals surface area (Å²) < 4.78 is 10.8. The SMILES string of the molecule is C[C@@H](NC(=O)CCCOc1ccccc1Cl)c1nc(C(C)(C)C)no1. The molecule has 0 aliphatic heterocycles. The fourth-order valence-electron chi connectivity index (χ4n) is 2.07. The zero-order chi connectivity index (χ0) is 18.4. The average molecular weight is 366 g/mol. The van der Waals surface area contributed by atoms with E-state index in [9.17, 15) is 4.79 Å². The molecule has 2 aromatic rings. The predicted octanol–water partition coefficient (Wildman–Crippen LogP) is 4.06. The van der Waals surface area contributed by atoms with E-state index in [1.54, 1.807) is 12.1 Å². The summed E-state index contributed by atoms with van der Waals surface area (Å²) in [6.45, 7) is 8.25. The minimum absolute atomic E-state index is 0.0919. The Bertz CT molecular complexity index is 710. The van der Waals surface area contributed by atoms with E-state index in [1.165, 1.54) is 0 Å². The van der Waals surface area contributed by atoms with Gasteiger partial charge in [-0.25, -0.2) is 0 Å². The van der Waals surface area contributed by atoms with Crippen molar-refractivity contribution < 1.29 is 14.1 Å². The maximum Gasteiger partial charge on any atom is 0.248 e. The summed E-state index contributed by atoms with van der Waals surface area (Å²) in [7, 11) is 0. The highest BCUT2D eigenvalue weighted by Crippen LogP contribution is 2.23.